The number of carbonyl (C=O) groups excluding carboxylic acids is 2. The van der Waals surface area contributed by atoms with Crippen molar-refractivity contribution in [2.75, 3.05) is 19.5 Å². The van der Waals surface area contributed by atoms with Crippen LogP contribution in [-0.4, -0.2) is 25.7 Å². The molecule has 26 heavy (non-hydrogen) atoms. The van der Waals surface area contributed by atoms with E-state index >= 15 is 0 Å². The van der Waals surface area contributed by atoms with Gasteiger partial charge >= 0.3 is 11.9 Å². The van der Waals surface area contributed by atoms with E-state index in [1.165, 1.54) is 7.11 Å². The van der Waals surface area contributed by atoms with Crippen LogP contribution < -0.4 is 10.5 Å². The van der Waals surface area contributed by atoms with Crippen LogP contribution in [0.2, 0.25) is 0 Å². The number of benzene rings is 1. The molecule has 0 unspecified atom stereocenters. The van der Waals surface area contributed by atoms with Gasteiger partial charge in [-0.2, -0.15) is 5.26 Å². The summed E-state index contributed by atoms with van der Waals surface area (Å²) in [6, 6.07) is 9.03. The van der Waals surface area contributed by atoms with Crippen LogP contribution in [0.5, 0.6) is 5.75 Å². The lowest BCUT2D eigenvalue weighted by atomic mass is 10.1. The van der Waals surface area contributed by atoms with E-state index in [-0.39, 0.29) is 40.6 Å². The van der Waals surface area contributed by atoms with Gasteiger partial charge in [-0.05, 0) is 13.0 Å². The van der Waals surface area contributed by atoms with Gasteiger partial charge in [-0.25, -0.2) is 4.79 Å². The lowest BCUT2D eigenvalue weighted by molar-refractivity contribution is -0.144. The van der Waals surface area contributed by atoms with Crippen molar-refractivity contribution in [1.29, 1.82) is 5.26 Å². The summed E-state index contributed by atoms with van der Waals surface area (Å²) in [6.45, 7) is 1.62. The highest BCUT2D eigenvalue weighted by atomic mass is 32.1. The lowest BCUT2D eigenvalue weighted by Gasteiger charge is -2.09. The summed E-state index contributed by atoms with van der Waals surface area (Å²) in [4.78, 5) is 24.4. The number of esters is 2. The number of nitrogen functional groups attached to an aromatic ring is 1. The minimum Gasteiger partial charge on any atom is -0.496 e. The molecule has 2 N–H and O–H groups in total. The van der Waals surface area contributed by atoms with E-state index in [1.54, 1.807) is 31.2 Å². The second kappa shape index (κ2) is 8.87. The van der Waals surface area contributed by atoms with Crippen LogP contribution in [0.1, 0.15) is 33.3 Å². The number of para-hydroxylation sites is 1. The van der Waals surface area contributed by atoms with Gasteiger partial charge in [-0.1, -0.05) is 18.2 Å². The Morgan fingerprint density at radius 1 is 1.27 bits per heavy atom. The molecule has 0 amide bonds. The number of anilines is 1. The van der Waals surface area contributed by atoms with Gasteiger partial charge < -0.3 is 19.9 Å². The third-order valence-corrected chi connectivity index (χ3v) is 4.55. The Balaban J connectivity index is 2.14. The molecule has 0 radical (unpaired) electrons. The molecule has 0 spiro atoms. The molecule has 8 heteroatoms. The molecule has 0 saturated heterocycles. The van der Waals surface area contributed by atoms with Crippen molar-refractivity contribution in [1.82, 2.24) is 0 Å². The van der Waals surface area contributed by atoms with Crippen molar-refractivity contribution in [2.45, 2.75) is 20.0 Å². The van der Waals surface area contributed by atoms with Crippen molar-refractivity contribution < 1.29 is 23.8 Å². The smallest absolute Gasteiger partial charge is 0.348 e. The molecule has 2 aromatic rings. The number of carbonyl (C=O) groups is 2. The predicted octanol–water partition coefficient (Wildman–Crippen LogP) is 2.67. The average molecular weight is 374 g/mol. The molecule has 0 saturated carbocycles. The number of methoxy groups -OCH3 is 1. The molecule has 136 valence electrons. The average Bonchev–Trinajstić information content (AvgIpc) is 2.96. The number of ether oxygens (including phenoxy) is 3. The van der Waals surface area contributed by atoms with Crippen molar-refractivity contribution in [2.24, 2.45) is 0 Å². The van der Waals surface area contributed by atoms with E-state index in [1.807, 2.05) is 6.07 Å². The van der Waals surface area contributed by atoms with Gasteiger partial charge in [-0.15, -0.1) is 11.3 Å². The van der Waals surface area contributed by atoms with Crippen molar-refractivity contribution in [3.63, 3.8) is 0 Å². The van der Waals surface area contributed by atoms with E-state index in [0.717, 1.165) is 11.3 Å². The maximum atomic E-state index is 12.2. The summed E-state index contributed by atoms with van der Waals surface area (Å²) < 4.78 is 15.4. The van der Waals surface area contributed by atoms with Crippen molar-refractivity contribution >= 4 is 28.3 Å². The van der Waals surface area contributed by atoms with E-state index in [9.17, 15) is 14.9 Å². The molecule has 0 bridgehead atoms. The molecular weight excluding hydrogens is 356 g/mol. The van der Waals surface area contributed by atoms with Gasteiger partial charge in [0, 0.05) is 11.1 Å². The van der Waals surface area contributed by atoms with Gasteiger partial charge in [0.05, 0.1) is 25.7 Å². The topological polar surface area (TPSA) is 112 Å². The highest BCUT2D eigenvalue weighted by Crippen LogP contribution is 2.32. The summed E-state index contributed by atoms with van der Waals surface area (Å²) in [7, 11) is 1.52. The van der Waals surface area contributed by atoms with E-state index in [2.05, 4.69) is 0 Å². The van der Waals surface area contributed by atoms with Crippen LogP contribution in [0.3, 0.4) is 0 Å². The molecule has 1 heterocycles. The number of rotatable bonds is 7. The quantitative estimate of drug-likeness (QED) is 0.742. The molecule has 0 fully saturated rings. The summed E-state index contributed by atoms with van der Waals surface area (Å²) >= 11 is 0.945. The van der Waals surface area contributed by atoms with E-state index in [0.29, 0.717) is 11.3 Å². The number of hydrogen-bond acceptors (Lipinski definition) is 8. The Kier molecular flexibility index (Phi) is 6.58. The van der Waals surface area contributed by atoms with Crippen LogP contribution in [0, 0.1) is 11.3 Å². The molecule has 1 aromatic heterocycles. The lowest BCUT2D eigenvalue weighted by Crippen LogP contribution is -2.12. The number of nitriles is 1. The van der Waals surface area contributed by atoms with Crippen LogP contribution in [0.4, 0.5) is 5.00 Å². The fourth-order valence-electron chi connectivity index (χ4n) is 2.31. The number of nitrogens with zero attached hydrogens (tertiary/aromatic N) is 1. The first-order valence-electron chi connectivity index (χ1n) is 7.77. The molecule has 2 rings (SSSR count). The number of nitrogens with two attached hydrogens (primary N) is 1. The van der Waals surface area contributed by atoms with Crippen molar-refractivity contribution in [3.05, 3.63) is 45.8 Å². The number of hydrogen-bond donors (Lipinski definition) is 1. The van der Waals surface area contributed by atoms with Gasteiger partial charge in [-0.3, -0.25) is 4.79 Å². The minimum absolute atomic E-state index is 0.000257. The first-order valence-corrected chi connectivity index (χ1v) is 8.59. The predicted molar refractivity (Wildman–Crippen MR) is 95.9 cm³/mol. The van der Waals surface area contributed by atoms with Gasteiger partial charge in [0.1, 0.15) is 28.3 Å². The zero-order chi connectivity index (χ0) is 19.1. The molecule has 0 atom stereocenters. The fraction of sp³-hybridized carbons (Fsp3) is 0.278. The Labute approximate surface area is 154 Å². The maximum Gasteiger partial charge on any atom is 0.348 e. The first-order chi connectivity index (χ1) is 12.5. The van der Waals surface area contributed by atoms with Crippen LogP contribution >= 0.6 is 11.3 Å². The third kappa shape index (κ3) is 4.32. The summed E-state index contributed by atoms with van der Waals surface area (Å²) in [5.74, 6) is -0.534. The minimum atomic E-state index is -0.596. The zero-order valence-corrected chi connectivity index (χ0v) is 15.2. The largest absolute Gasteiger partial charge is 0.496 e. The number of thiophene rings is 1. The first kappa shape index (κ1) is 19.3. The van der Waals surface area contributed by atoms with Gasteiger partial charge in [0.25, 0.3) is 0 Å². The second-order valence-corrected chi connectivity index (χ2v) is 6.18. The molecule has 0 aliphatic carbocycles. The maximum absolute atomic E-state index is 12.2. The highest BCUT2D eigenvalue weighted by Gasteiger charge is 2.24. The van der Waals surface area contributed by atoms with E-state index < -0.39 is 11.9 Å². The molecule has 0 aliphatic heterocycles. The van der Waals surface area contributed by atoms with Gasteiger partial charge in [0.15, 0.2) is 0 Å². The van der Waals surface area contributed by atoms with Crippen LogP contribution in [0.25, 0.3) is 0 Å². The molecule has 7 nitrogen and oxygen atoms in total. The van der Waals surface area contributed by atoms with Crippen LogP contribution in [0.15, 0.2) is 24.3 Å². The Morgan fingerprint density at radius 3 is 2.65 bits per heavy atom. The third-order valence-electron chi connectivity index (χ3n) is 3.51. The summed E-state index contributed by atoms with van der Waals surface area (Å²) in [6.07, 6.45) is 0.000257. The Bertz CT molecular complexity index is 854. The van der Waals surface area contributed by atoms with E-state index in [4.69, 9.17) is 19.9 Å². The zero-order valence-electron chi connectivity index (χ0n) is 14.4. The SMILES string of the molecule is CCOC(=O)c1sc(N)c(C#N)c1COC(=O)Cc1ccccc1OC. The Morgan fingerprint density at radius 2 is 2.00 bits per heavy atom. The molecular formula is C18H18N2O5S. The summed E-state index contributed by atoms with van der Waals surface area (Å²) in [5, 5.41) is 9.45. The highest BCUT2D eigenvalue weighted by molar-refractivity contribution is 7.18. The standard InChI is InChI=1S/C18H18N2O5S/c1-3-24-18(22)16-13(12(9-19)17(20)26-16)10-25-15(21)8-11-6-4-5-7-14(11)23-2/h4-7H,3,8,10,20H2,1-2H3. The van der Waals surface area contributed by atoms with Crippen LogP contribution in [-0.2, 0) is 27.3 Å². The monoisotopic (exact) mass is 374 g/mol. The van der Waals surface area contributed by atoms with Gasteiger partial charge in [0.2, 0.25) is 0 Å². The second-order valence-electron chi connectivity index (χ2n) is 5.13. The summed E-state index contributed by atoms with van der Waals surface area (Å²) in [5.41, 5.74) is 6.86. The molecule has 0 aliphatic rings. The van der Waals surface area contributed by atoms with Crippen molar-refractivity contribution in [3.8, 4) is 11.8 Å². The Hall–Kier alpha value is -3.05. The fourth-order valence-corrected chi connectivity index (χ4v) is 3.23. The molecule has 1 aromatic carbocycles. The normalized spacial score (nSPS) is 10.0.